The Balaban J connectivity index is 2.35. The highest BCUT2D eigenvalue weighted by atomic mass is 19.1. The molecule has 1 fully saturated rings. The molecule has 5 nitrogen and oxygen atoms in total. The summed E-state index contributed by atoms with van der Waals surface area (Å²) in [5.74, 6) is -0.266. The number of aryl methyl sites for hydroxylation is 1. The summed E-state index contributed by atoms with van der Waals surface area (Å²) < 4.78 is 21.3. The van der Waals surface area contributed by atoms with Gasteiger partial charge in [-0.25, -0.2) is 9.18 Å². The van der Waals surface area contributed by atoms with Gasteiger partial charge >= 0.3 is 5.69 Å². The van der Waals surface area contributed by atoms with Crippen molar-refractivity contribution < 1.29 is 9.13 Å². The van der Waals surface area contributed by atoms with Gasteiger partial charge in [0.05, 0.1) is 6.10 Å². The number of nitrogens with zero attached hydrogens (tertiary/aromatic N) is 1. The first-order valence-corrected chi connectivity index (χ1v) is 7.63. The van der Waals surface area contributed by atoms with Crippen molar-refractivity contribution in [1.82, 2.24) is 9.55 Å². The monoisotopic (exact) mass is 298 g/mol. The van der Waals surface area contributed by atoms with Gasteiger partial charge in [0.2, 0.25) is 0 Å². The van der Waals surface area contributed by atoms with E-state index in [0.717, 1.165) is 12.8 Å². The van der Waals surface area contributed by atoms with E-state index < -0.39 is 23.6 Å². The first-order chi connectivity index (χ1) is 9.99. The Morgan fingerprint density at radius 3 is 2.67 bits per heavy atom. The van der Waals surface area contributed by atoms with Crippen molar-refractivity contribution in [2.24, 2.45) is 5.92 Å². The Kier molecular flexibility index (Phi) is 4.98. The first kappa shape index (κ1) is 15.9. The minimum atomic E-state index is -1.25. The average Bonchev–Trinajstić information content (AvgIpc) is 2.74. The van der Waals surface area contributed by atoms with Gasteiger partial charge in [-0.15, -0.1) is 0 Å². The van der Waals surface area contributed by atoms with Crippen LogP contribution in [0.3, 0.4) is 0 Å². The lowest BCUT2D eigenvalue weighted by Gasteiger charge is -2.17. The second-order valence-corrected chi connectivity index (χ2v) is 5.70. The summed E-state index contributed by atoms with van der Waals surface area (Å²) in [7, 11) is 0. The largest absolute Gasteiger partial charge is 0.351 e. The first-order valence-electron chi connectivity index (χ1n) is 7.63. The molecule has 2 heterocycles. The van der Waals surface area contributed by atoms with Crippen LogP contribution in [0.1, 0.15) is 51.8 Å². The van der Waals surface area contributed by atoms with Crippen LogP contribution < -0.4 is 11.2 Å². The zero-order chi connectivity index (χ0) is 15.6. The number of aromatic amines is 1. The van der Waals surface area contributed by atoms with E-state index >= 15 is 0 Å². The number of hydrogen-bond acceptors (Lipinski definition) is 3. The van der Waals surface area contributed by atoms with Crippen LogP contribution in [0, 0.1) is 5.92 Å². The number of alkyl halides is 1. The topological polar surface area (TPSA) is 64.1 Å². The van der Waals surface area contributed by atoms with Crippen LogP contribution in [0.5, 0.6) is 0 Å². The molecule has 2 rings (SSSR count). The van der Waals surface area contributed by atoms with Crippen LogP contribution >= 0.6 is 0 Å². The fraction of sp³-hybridized carbons (Fsp3) is 0.733. The predicted molar refractivity (Wildman–Crippen MR) is 78.2 cm³/mol. The number of nitrogens with one attached hydrogen (secondary N) is 1. The summed E-state index contributed by atoms with van der Waals surface area (Å²) in [4.78, 5) is 26.0. The Labute approximate surface area is 123 Å². The molecule has 0 aliphatic carbocycles. The number of rotatable bonds is 5. The molecule has 0 unspecified atom stereocenters. The minimum absolute atomic E-state index is 0.206. The molecule has 6 heteroatoms. The molecule has 4 atom stereocenters. The average molecular weight is 298 g/mol. The van der Waals surface area contributed by atoms with Gasteiger partial charge in [0.1, 0.15) is 0 Å². The summed E-state index contributed by atoms with van der Waals surface area (Å²) in [5.41, 5.74) is -0.505. The normalized spacial score (nSPS) is 29.0. The molecule has 1 aliphatic heterocycles. The Bertz CT molecular complexity index is 595. The molecular formula is C15H23FN2O3. The number of aromatic nitrogens is 2. The standard InChI is InChI=1S/C15H23FN2O3/c1-4-6-7-10-8-18(15(20)17-13(10)19)14-12(16)9(3)11(5-2)21-14/h8-9,11-12,14H,4-7H2,1-3H3,(H,17,19,20)/t9-,11-,12-,14-/m1/s1. The third-order valence-corrected chi connectivity index (χ3v) is 4.19. The van der Waals surface area contributed by atoms with E-state index in [9.17, 15) is 14.0 Å². The Hall–Kier alpha value is -1.43. The van der Waals surface area contributed by atoms with E-state index in [0.29, 0.717) is 18.4 Å². The third-order valence-electron chi connectivity index (χ3n) is 4.19. The molecule has 0 bridgehead atoms. The van der Waals surface area contributed by atoms with Gasteiger partial charge in [-0.05, 0) is 19.3 Å². The number of unbranched alkanes of at least 4 members (excludes halogenated alkanes) is 1. The zero-order valence-electron chi connectivity index (χ0n) is 12.8. The second kappa shape index (κ2) is 6.56. The highest BCUT2D eigenvalue weighted by molar-refractivity contribution is 5.06. The summed E-state index contributed by atoms with van der Waals surface area (Å²) >= 11 is 0. The molecule has 1 N–H and O–H groups in total. The molecule has 1 saturated heterocycles. The van der Waals surface area contributed by atoms with Gasteiger partial charge in [-0.2, -0.15) is 0 Å². The third kappa shape index (κ3) is 3.10. The molecule has 0 radical (unpaired) electrons. The van der Waals surface area contributed by atoms with Crippen LogP contribution in [0.4, 0.5) is 4.39 Å². The van der Waals surface area contributed by atoms with E-state index in [1.165, 1.54) is 10.8 Å². The zero-order valence-corrected chi connectivity index (χ0v) is 12.8. The molecule has 0 aromatic carbocycles. The van der Waals surface area contributed by atoms with Crippen molar-refractivity contribution in [3.63, 3.8) is 0 Å². The van der Waals surface area contributed by atoms with E-state index in [1.807, 2.05) is 13.8 Å². The smallest absolute Gasteiger partial charge is 0.330 e. The van der Waals surface area contributed by atoms with Crippen LogP contribution in [0.2, 0.25) is 0 Å². The van der Waals surface area contributed by atoms with Gasteiger partial charge in [-0.3, -0.25) is 14.3 Å². The van der Waals surface area contributed by atoms with Gasteiger partial charge in [0.25, 0.3) is 5.56 Å². The highest BCUT2D eigenvalue weighted by Gasteiger charge is 2.42. The Morgan fingerprint density at radius 2 is 2.10 bits per heavy atom. The Morgan fingerprint density at radius 1 is 1.38 bits per heavy atom. The molecule has 1 aromatic heterocycles. The quantitative estimate of drug-likeness (QED) is 0.906. The van der Waals surface area contributed by atoms with Crippen molar-refractivity contribution in [2.45, 2.75) is 65.0 Å². The van der Waals surface area contributed by atoms with Gasteiger partial charge in [-0.1, -0.05) is 27.2 Å². The van der Waals surface area contributed by atoms with E-state index in [2.05, 4.69) is 4.98 Å². The van der Waals surface area contributed by atoms with Crippen molar-refractivity contribution in [1.29, 1.82) is 0 Å². The number of hydrogen-bond donors (Lipinski definition) is 1. The van der Waals surface area contributed by atoms with Crippen molar-refractivity contribution in [2.75, 3.05) is 0 Å². The van der Waals surface area contributed by atoms with Gasteiger partial charge in [0.15, 0.2) is 12.4 Å². The fourth-order valence-corrected chi connectivity index (χ4v) is 2.79. The van der Waals surface area contributed by atoms with E-state index in [4.69, 9.17) is 4.74 Å². The molecule has 1 aromatic rings. The van der Waals surface area contributed by atoms with Gasteiger partial charge < -0.3 is 4.74 Å². The molecule has 21 heavy (non-hydrogen) atoms. The van der Waals surface area contributed by atoms with E-state index in [-0.39, 0.29) is 12.0 Å². The summed E-state index contributed by atoms with van der Waals surface area (Å²) in [6.45, 7) is 5.74. The summed E-state index contributed by atoms with van der Waals surface area (Å²) in [5, 5.41) is 0. The lowest BCUT2D eigenvalue weighted by Crippen LogP contribution is -2.36. The number of H-pyrrole nitrogens is 1. The maximum absolute atomic E-state index is 14.4. The highest BCUT2D eigenvalue weighted by Crippen LogP contribution is 2.36. The molecule has 0 saturated carbocycles. The molecule has 0 spiro atoms. The maximum Gasteiger partial charge on any atom is 0.330 e. The van der Waals surface area contributed by atoms with Crippen molar-refractivity contribution in [3.8, 4) is 0 Å². The lowest BCUT2D eigenvalue weighted by molar-refractivity contribution is -0.0237. The number of halogens is 1. The van der Waals surface area contributed by atoms with Crippen LogP contribution in [-0.2, 0) is 11.2 Å². The summed E-state index contributed by atoms with van der Waals surface area (Å²) in [6, 6.07) is 0. The molecule has 0 amide bonds. The molecule has 118 valence electrons. The lowest BCUT2D eigenvalue weighted by atomic mass is 10.00. The summed E-state index contributed by atoms with van der Waals surface area (Å²) in [6.07, 6.45) is 2.11. The molecular weight excluding hydrogens is 275 g/mol. The number of ether oxygens (including phenoxy) is 1. The fourth-order valence-electron chi connectivity index (χ4n) is 2.79. The van der Waals surface area contributed by atoms with Crippen molar-refractivity contribution in [3.05, 3.63) is 32.6 Å². The maximum atomic E-state index is 14.4. The SMILES string of the molecule is CCCCc1cn([C@@H]2O[C@H](CC)[C@@H](C)[C@H]2F)c(=O)[nH]c1=O. The second-order valence-electron chi connectivity index (χ2n) is 5.70. The van der Waals surface area contributed by atoms with Crippen LogP contribution in [0.15, 0.2) is 15.8 Å². The van der Waals surface area contributed by atoms with E-state index in [1.54, 1.807) is 6.92 Å². The predicted octanol–water partition coefficient (Wildman–Crippen LogP) is 2.16. The van der Waals surface area contributed by atoms with Crippen LogP contribution in [-0.4, -0.2) is 21.8 Å². The van der Waals surface area contributed by atoms with Crippen LogP contribution in [0.25, 0.3) is 0 Å². The van der Waals surface area contributed by atoms with Gasteiger partial charge in [0, 0.05) is 17.7 Å². The molecule has 1 aliphatic rings. The van der Waals surface area contributed by atoms with Crippen molar-refractivity contribution >= 4 is 0 Å². The minimum Gasteiger partial charge on any atom is -0.351 e.